The smallest absolute Gasteiger partial charge is 0.339 e. The molecule has 0 atom stereocenters. The van der Waals surface area contributed by atoms with E-state index in [2.05, 4.69) is 0 Å². The largest absolute Gasteiger partial charge is 0.478 e. The Morgan fingerprint density at radius 1 is 1.12 bits per heavy atom. The molecule has 17 heavy (non-hydrogen) atoms. The highest BCUT2D eigenvalue weighted by atomic mass is 16.5. The number of carboxylic acid groups (broad SMARTS) is 1. The average Bonchev–Trinajstić information content (AvgIpc) is 2.81. The number of benzene rings is 1. The van der Waals surface area contributed by atoms with E-state index in [1.165, 1.54) is 12.1 Å². The highest BCUT2D eigenvalue weighted by Gasteiger charge is 2.23. The summed E-state index contributed by atoms with van der Waals surface area (Å²) in [6.07, 6.45) is 3.84. The van der Waals surface area contributed by atoms with Gasteiger partial charge in [0.2, 0.25) is 0 Å². The molecule has 1 saturated carbocycles. The van der Waals surface area contributed by atoms with Gasteiger partial charge in [-0.15, -0.1) is 0 Å². The molecule has 1 aromatic rings. The zero-order valence-electron chi connectivity index (χ0n) is 9.39. The number of rotatable bonds is 3. The third-order valence-electron chi connectivity index (χ3n) is 2.95. The first-order chi connectivity index (χ1) is 8.18. The molecule has 0 aromatic heterocycles. The van der Waals surface area contributed by atoms with Gasteiger partial charge in [0, 0.05) is 0 Å². The molecule has 0 bridgehead atoms. The van der Waals surface area contributed by atoms with Crippen LogP contribution in [0, 0.1) is 0 Å². The molecule has 4 nitrogen and oxygen atoms in total. The Balaban J connectivity index is 2.15. The van der Waals surface area contributed by atoms with Crippen LogP contribution in [0.25, 0.3) is 0 Å². The highest BCUT2D eigenvalue weighted by molar-refractivity contribution is 6.02. The van der Waals surface area contributed by atoms with Crippen molar-refractivity contribution in [2.45, 2.75) is 31.8 Å². The third kappa shape index (κ3) is 2.64. The predicted molar refractivity (Wildman–Crippen MR) is 61.1 cm³/mol. The molecule has 4 heteroatoms. The van der Waals surface area contributed by atoms with Gasteiger partial charge in [-0.3, -0.25) is 0 Å². The maximum Gasteiger partial charge on any atom is 0.339 e. The Kier molecular flexibility index (Phi) is 3.42. The van der Waals surface area contributed by atoms with Crippen LogP contribution in [-0.4, -0.2) is 23.1 Å². The third-order valence-corrected chi connectivity index (χ3v) is 2.95. The summed E-state index contributed by atoms with van der Waals surface area (Å²) in [5.41, 5.74) is 0.127. The molecule has 1 fully saturated rings. The van der Waals surface area contributed by atoms with Crippen molar-refractivity contribution >= 4 is 11.9 Å². The Labute approximate surface area is 99.2 Å². The molecule has 0 amide bonds. The van der Waals surface area contributed by atoms with E-state index >= 15 is 0 Å². The zero-order valence-corrected chi connectivity index (χ0v) is 9.39. The quantitative estimate of drug-likeness (QED) is 0.816. The molecule has 1 aromatic carbocycles. The lowest BCUT2D eigenvalue weighted by Gasteiger charge is -2.12. The molecule has 0 spiro atoms. The normalized spacial score (nSPS) is 15.8. The molecule has 2 rings (SSSR count). The van der Waals surface area contributed by atoms with E-state index in [0.717, 1.165) is 25.7 Å². The molecule has 1 N–H and O–H groups in total. The van der Waals surface area contributed by atoms with E-state index in [1.54, 1.807) is 12.1 Å². The number of hydrogen-bond donors (Lipinski definition) is 1. The molecule has 1 aliphatic rings. The van der Waals surface area contributed by atoms with E-state index in [0.29, 0.717) is 0 Å². The second-order valence-electron chi connectivity index (χ2n) is 4.16. The molecule has 0 heterocycles. The number of aromatic carboxylic acids is 1. The van der Waals surface area contributed by atoms with E-state index in [4.69, 9.17) is 9.84 Å². The van der Waals surface area contributed by atoms with E-state index in [-0.39, 0.29) is 17.2 Å². The van der Waals surface area contributed by atoms with Gasteiger partial charge in [0.15, 0.2) is 0 Å². The maximum atomic E-state index is 11.8. The molecular formula is C13H14O4. The second-order valence-corrected chi connectivity index (χ2v) is 4.16. The van der Waals surface area contributed by atoms with Crippen LogP contribution in [-0.2, 0) is 4.74 Å². The van der Waals surface area contributed by atoms with Gasteiger partial charge in [-0.2, -0.15) is 0 Å². The Morgan fingerprint density at radius 2 is 1.71 bits per heavy atom. The number of hydrogen-bond acceptors (Lipinski definition) is 3. The summed E-state index contributed by atoms with van der Waals surface area (Å²) in [4.78, 5) is 22.8. The number of carbonyl (C=O) groups excluding carboxylic acids is 1. The van der Waals surface area contributed by atoms with Crippen molar-refractivity contribution in [1.82, 2.24) is 0 Å². The first-order valence-corrected chi connectivity index (χ1v) is 5.72. The van der Waals surface area contributed by atoms with Crippen molar-refractivity contribution < 1.29 is 19.4 Å². The molecule has 0 saturated heterocycles. The predicted octanol–water partition coefficient (Wildman–Crippen LogP) is 2.48. The zero-order chi connectivity index (χ0) is 12.3. The first kappa shape index (κ1) is 11.6. The van der Waals surface area contributed by atoms with Crippen LogP contribution >= 0.6 is 0 Å². The molecule has 0 radical (unpaired) electrons. The van der Waals surface area contributed by atoms with Crippen molar-refractivity contribution in [2.24, 2.45) is 0 Å². The van der Waals surface area contributed by atoms with Crippen LogP contribution in [0.3, 0.4) is 0 Å². The van der Waals surface area contributed by atoms with Crippen LogP contribution in [0.2, 0.25) is 0 Å². The summed E-state index contributed by atoms with van der Waals surface area (Å²) in [6.45, 7) is 0. The van der Waals surface area contributed by atoms with E-state index in [1.807, 2.05) is 0 Å². The highest BCUT2D eigenvalue weighted by Crippen LogP contribution is 2.22. The lowest BCUT2D eigenvalue weighted by Crippen LogP contribution is -2.17. The molecule has 0 unspecified atom stereocenters. The van der Waals surface area contributed by atoms with Crippen LogP contribution in [0.5, 0.6) is 0 Å². The number of esters is 1. The van der Waals surface area contributed by atoms with Crippen LogP contribution < -0.4 is 0 Å². The fraction of sp³-hybridized carbons (Fsp3) is 0.385. The number of carboxylic acids is 1. The van der Waals surface area contributed by atoms with Crippen LogP contribution in [0.15, 0.2) is 24.3 Å². The molecule has 1 aliphatic carbocycles. The van der Waals surface area contributed by atoms with E-state index in [9.17, 15) is 9.59 Å². The molecule has 90 valence electrons. The van der Waals surface area contributed by atoms with Gasteiger partial charge in [0.05, 0.1) is 11.1 Å². The fourth-order valence-electron chi connectivity index (χ4n) is 2.07. The van der Waals surface area contributed by atoms with Gasteiger partial charge in [0.25, 0.3) is 0 Å². The first-order valence-electron chi connectivity index (χ1n) is 5.72. The van der Waals surface area contributed by atoms with Crippen LogP contribution in [0.4, 0.5) is 0 Å². The van der Waals surface area contributed by atoms with Gasteiger partial charge in [-0.05, 0) is 37.8 Å². The minimum Gasteiger partial charge on any atom is -0.478 e. The van der Waals surface area contributed by atoms with Crippen molar-refractivity contribution in [1.29, 1.82) is 0 Å². The van der Waals surface area contributed by atoms with Gasteiger partial charge in [-0.25, -0.2) is 9.59 Å². The lowest BCUT2D eigenvalue weighted by molar-refractivity contribution is 0.0312. The van der Waals surface area contributed by atoms with Crippen molar-refractivity contribution in [2.75, 3.05) is 0 Å². The monoisotopic (exact) mass is 234 g/mol. The maximum absolute atomic E-state index is 11.8. The Bertz CT molecular complexity index is 433. The minimum atomic E-state index is -1.11. The number of carbonyl (C=O) groups is 2. The summed E-state index contributed by atoms with van der Waals surface area (Å²) in [6, 6.07) is 6.13. The summed E-state index contributed by atoms with van der Waals surface area (Å²) < 4.78 is 5.29. The summed E-state index contributed by atoms with van der Waals surface area (Å²) in [5.74, 6) is -1.64. The van der Waals surface area contributed by atoms with Crippen molar-refractivity contribution in [3.63, 3.8) is 0 Å². The Hall–Kier alpha value is -1.84. The second kappa shape index (κ2) is 4.99. The summed E-state index contributed by atoms with van der Waals surface area (Å²) in [7, 11) is 0. The average molecular weight is 234 g/mol. The lowest BCUT2D eigenvalue weighted by atomic mass is 10.1. The molecular weight excluding hydrogens is 220 g/mol. The van der Waals surface area contributed by atoms with Gasteiger partial charge < -0.3 is 9.84 Å². The van der Waals surface area contributed by atoms with Crippen LogP contribution in [0.1, 0.15) is 46.4 Å². The van der Waals surface area contributed by atoms with E-state index < -0.39 is 11.9 Å². The molecule has 0 aliphatic heterocycles. The fourth-order valence-corrected chi connectivity index (χ4v) is 2.07. The van der Waals surface area contributed by atoms with Crippen molar-refractivity contribution in [3.8, 4) is 0 Å². The standard InChI is InChI=1S/C13H14O4/c14-12(15)10-7-3-4-8-11(10)13(16)17-9-5-1-2-6-9/h3-4,7-9H,1-2,5-6H2,(H,14,15). The van der Waals surface area contributed by atoms with Gasteiger partial charge in [-0.1, -0.05) is 12.1 Å². The summed E-state index contributed by atoms with van der Waals surface area (Å²) in [5, 5.41) is 8.97. The van der Waals surface area contributed by atoms with Gasteiger partial charge in [0.1, 0.15) is 6.10 Å². The summed E-state index contributed by atoms with van der Waals surface area (Å²) >= 11 is 0. The number of ether oxygens (including phenoxy) is 1. The Morgan fingerprint density at radius 3 is 2.29 bits per heavy atom. The SMILES string of the molecule is O=C(O)c1ccccc1C(=O)OC1CCCC1. The van der Waals surface area contributed by atoms with Crippen molar-refractivity contribution in [3.05, 3.63) is 35.4 Å². The topological polar surface area (TPSA) is 63.6 Å². The van der Waals surface area contributed by atoms with Gasteiger partial charge >= 0.3 is 11.9 Å². The minimum absolute atomic E-state index is 0.00417.